The van der Waals surface area contributed by atoms with Gasteiger partial charge in [0.2, 0.25) is 5.89 Å². The van der Waals surface area contributed by atoms with Gasteiger partial charge < -0.3 is 4.52 Å². The van der Waals surface area contributed by atoms with Crippen molar-refractivity contribution in [1.29, 1.82) is 0 Å². The number of aromatic nitrogens is 2. The highest BCUT2D eigenvalue weighted by atomic mass is 16.5. The Balaban J connectivity index is 1.66. The van der Waals surface area contributed by atoms with Crippen LogP contribution in [0.2, 0.25) is 0 Å². The number of aryl methyl sites for hydroxylation is 1. The second-order valence-electron chi connectivity index (χ2n) is 5.70. The summed E-state index contributed by atoms with van der Waals surface area (Å²) in [6.07, 6.45) is 8.97. The van der Waals surface area contributed by atoms with Crippen LogP contribution in [0, 0.1) is 5.92 Å². The molecule has 3 rings (SSSR count). The fourth-order valence-corrected chi connectivity index (χ4v) is 3.41. The Morgan fingerprint density at radius 1 is 1.22 bits per heavy atom. The third kappa shape index (κ3) is 2.44. The van der Waals surface area contributed by atoms with Gasteiger partial charge in [0.25, 0.3) is 0 Å². The number of likely N-dealkylation sites (tertiary alicyclic amines) is 1. The first kappa shape index (κ1) is 12.2. The molecule has 18 heavy (non-hydrogen) atoms. The molecule has 4 heteroatoms. The quantitative estimate of drug-likeness (QED) is 0.822. The maximum atomic E-state index is 5.26. The van der Waals surface area contributed by atoms with Crippen LogP contribution < -0.4 is 0 Å². The molecule has 0 N–H and O–H groups in total. The van der Waals surface area contributed by atoms with Crippen molar-refractivity contribution in [1.82, 2.24) is 15.0 Å². The van der Waals surface area contributed by atoms with Crippen molar-refractivity contribution in [3.63, 3.8) is 0 Å². The standard InChI is InChI=1S/C14H23N3O/c1-2-13-15-14(16-18-13)12-8-5-9-17(12)10-11-6-3-4-7-11/h11-12H,2-10H2,1H3. The summed E-state index contributed by atoms with van der Waals surface area (Å²) in [5.41, 5.74) is 0. The van der Waals surface area contributed by atoms with Crippen LogP contribution in [0.25, 0.3) is 0 Å². The van der Waals surface area contributed by atoms with E-state index in [1.54, 1.807) is 0 Å². The molecule has 1 unspecified atom stereocenters. The van der Waals surface area contributed by atoms with Crippen LogP contribution >= 0.6 is 0 Å². The van der Waals surface area contributed by atoms with E-state index < -0.39 is 0 Å². The zero-order chi connectivity index (χ0) is 12.4. The van der Waals surface area contributed by atoms with Gasteiger partial charge in [0, 0.05) is 13.0 Å². The molecule has 0 bridgehead atoms. The van der Waals surface area contributed by atoms with Crippen LogP contribution in [-0.4, -0.2) is 28.1 Å². The SMILES string of the molecule is CCc1nc(C2CCCN2CC2CCCC2)no1. The third-order valence-corrected chi connectivity index (χ3v) is 4.42. The van der Waals surface area contributed by atoms with E-state index >= 15 is 0 Å². The van der Waals surface area contributed by atoms with Crippen LogP contribution in [0.5, 0.6) is 0 Å². The predicted octanol–water partition coefficient (Wildman–Crippen LogP) is 2.96. The highest BCUT2D eigenvalue weighted by Crippen LogP contribution is 2.34. The van der Waals surface area contributed by atoms with E-state index in [9.17, 15) is 0 Å². The predicted molar refractivity (Wildman–Crippen MR) is 69.2 cm³/mol. The summed E-state index contributed by atoms with van der Waals surface area (Å²) < 4.78 is 5.26. The number of rotatable bonds is 4. The van der Waals surface area contributed by atoms with Gasteiger partial charge in [-0.2, -0.15) is 4.98 Å². The van der Waals surface area contributed by atoms with Crippen LogP contribution in [-0.2, 0) is 6.42 Å². The minimum Gasteiger partial charge on any atom is -0.339 e. The molecule has 1 saturated heterocycles. The lowest BCUT2D eigenvalue weighted by Crippen LogP contribution is -2.29. The number of nitrogens with zero attached hydrogens (tertiary/aromatic N) is 3. The van der Waals surface area contributed by atoms with E-state index in [-0.39, 0.29) is 0 Å². The van der Waals surface area contributed by atoms with Crippen molar-refractivity contribution in [3.8, 4) is 0 Å². The summed E-state index contributed by atoms with van der Waals surface area (Å²) in [6.45, 7) is 4.50. The first-order valence-corrected chi connectivity index (χ1v) is 7.43. The van der Waals surface area contributed by atoms with Crippen molar-refractivity contribution in [2.24, 2.45) is 5.92 Å². The maximum absolute atomic E-state index is 5.26. The molecule has 0 spiro atoms. The van der Waals surface area contributed by atoms with Crippen molar-refractivity contribution in [2.75, 3.05) is 13.1 Å². The van der Waals surface area contributed by atoms with Gasteiger partial charge in [0.15, 0.2) is 5.82 Å². The monoisotopic (exact) mass is 249 g/mol. The Bertz CT molecular complexity index is 384. The molecule has 1 aliphatic heterocycles. The van der Waals surface area contributed by atoms with Crippen molar-refractivity contribution < 1.29 is 4.52 Å². The minimum atomic E-state index is 0.412. The second-order valence-corrected chi connectivity index (χ2v) is 5.70. The average molecular weight is 249 g/mol. The third-order valence-electron chi connectivity index (χ3n) is 4.42. The normalized spacial score (nSPS) is 26.2. The van der Waals surface area contributed by atoms with Crippen molar-refractivity contribution >= 4 is 0 Å². The first-order valence-electron chi connectivity index (χ1n) is 7.43. The highest BCUT2D eigenvalue weighted by molar-refractivity contribution is 4.98. The van der Waals surface area contributed by atoms with Gasteiger partial charge in [-0.3, -0.25) is 4.90 Å². The minimum absolute atomic E-state index is 0.412. The molecule has 1 aromatic heterocycles. The molecule has 2 fully saturated rings. The highest BCUT2D eigenvalue weighted by Gasteiger charge is 2.31. The summed E-state index contributed by atoms with van der Waals surface area (Å²) in [4.78, 5) is 7.10. The second kappa shape index (κ2) is 5.39. The molecule has 1 saturated carbocycles. The molecule has 0 aromatic carbocycles. The van der Waals surface area contributed by atoms with E-state index in [2.05, 4.69) is 22.0 Å². The van der Waals surface area contributed by atoms with E-state index in [4.69, 9.17) is 4.52 Å². The summed E-state index contributed by atoms with van der Waals surface area (Å²) in [5.74, 6) is 2.60. The van der Waals surface area contributed by atoms with Crippen LogP contribution in [0.4, 0.5) is 0 Å². The summed E-state index contributed by atoms with van der Waals surface area (Å²) in [7, 11) is 0. The smallest absolute Gasteiger partial charge is 0.226 e. The Kier molecular flexibility index (Phi) is 3.64. The summed E-state index contributed by atoms with van der Waals surface area (Å²) >= 11 is 0. The van der Waals surface area contributed by atoms with Gasteiger partial charge in [-0.05, 0) is 38.1 Å². The maximum Gasteiger partial charge on any atom is 0.226 e. The fraction of sp³-hybridized carbons (Fsp3) is 0.857. The van der Waals surface area contributed by atoms with Gasteiger partial charge in [-0.1, -0.05) is 24.9 Å². The molecular formula is C14H23N3O. The fourth-order valence-electron chi connectivity index (χ4n) is 3.41. The van der Waals surface area contributed by atoms with Crippen LogP contribution in [0.1, 0.15) is 63.2 Å². The topological polar surface area (TPSA) is 42.2 Å². The van der Waals surface area contributed by atoms with Gasteiger partial charge >= 0.3 is 0 Å². The first-order chi connectivity index (χ1) is 8.86. The molecular weight excluding hydrogens is 226 g/mol. The van der Waals surface area contributed by atoms with Gasteiger partial charge in [0.05, 0.1) is 6.04 Å². The van der Waals surface area contributed by atoms with Crippen LogP contribution in [0.3, 0.4) is 0 Å². The average Bonchev–Trinajstić information content (AvgIpc) is 3.09. The molecule has 1 aromatic rings. The van der Waals surface area contributed by atoms with Gasteiger partial charge in [0.1, 0.15) is 0 Å². The number of hydrogen-bond donors (Lipinski definition) is 0. The molecule has 1 atom stereocenters. The van der Waals surface area contributed by atoms with E-state index in [1.165, 1.54) is 51.6 Å². The van der Waals surface area contributed by atoms with E-state index in [0.29, 0.717) is 6.04 Å². The molecule has 1 aliphatic carbocycles. The van der Waals surface area contributed by atoms with E-state index in [1.807, 2.05) is 0 Å². The Labute approximate surface area is 109 Å². The van der Waals surface area contributed by atoms with Gasteiger partial charge in [-0.25, -0.2) is 0 Å². The zero-order valence-electron chi connectivity index (χ0n) is 11.3. The molecule has 4 nitrogen and oxygen atoms in total. The zero-order valence-corrected chi connectivity index (χ0v) is 11.3. The molecule has 2 aliphatic rings. The molecule has 0 radical (unpaired) electrons. The Morgan fingerprint density at radius 2 is 2.06 bits per heavy atom. The summed E-state index contributed by atoms with van der Waals surface area (Å²) in [6, 6.07) is 0.412. The lowest BCUT2D eigenvalue weighted by molar-refractivity contribution is 0.206. The molecule has 2 heterocycles. The summed E-state index contributed by atoms with van der Waals surface area (Å²) in [5, 5.41) is 4.17. The Hall–Kier alpha value is -0.900. The van der Waals surface area contributed by atoms with E-state index in [0.717, 1.165) is 24.1 Å². The van der Waals surface area contributed by atoms with Crippen LogP contribution in [0.15, 0.2) is 4.52 Å². The molecule has 100 valence electrons. The lowest BCUT2D eigenvalue weighted by Gasteiger charge is -2.24. The van der Waals surface area contributed by atoms with Crippen molar-refractivity contribution in [3.05, 3.63) is 11.7 Å². The Morgan fingerprint density at radius 3 is 2.78 bits per heavy atom. The lowest BCUT2D eigenvalue weighted by atomic mass is 10.1. The van der Waals surface area contributed by atoms with Gasteiger partial charge in [-0.15, -0.1) is 0 Å². The largest absolute Gasteiger partial charge is 0.339 e. The molecule has 0 amide bonds. The van der Waals surface area contributed by atoms with Crippen molar-refractivity contribution in [2.45, 2.75) is 57.9 Å². The number of hydrogen-bond acceptors (Lipinski definition) is 4.